The Bertz CT molecular complexity index is 2030. The van der Waals surface area contributed by atoms with Crippen LogP contribution in [0, 0.1) is 28.6 Å². The fraction of sp³-hybridized carbons (Fsp3) is 0.920. The smallest absolute Gasteiger partial charge is 0.314 e. The molecule has 5 saturated heterocycles. The second-order valence-electron chi connectivity index (χ2n) is 22.6. The lowest BCUT2D eigenvalue weighted by molar-refractivity contribution is -0.388. The van der Waals surface area contributed by atoms with E-state index in [1.54, 1.807) is 6.92 Å². The van der Waals surface area contributed by atoms with E-state index in [4.69, 9.17) is 47.4 Å². The molecule has 8 aliphatic rings. The minimum Gasteiger partial charge on any atom is -0.432 e. The van der Waals surface area contributed by atoms with Crippen LogP contribution in [0.2, 0.25) is 0 Å². The lowest BCUT2D eigenvalue weighted by Crippen LogP contribution is -2.67. The van der Waals surface area contributed by atoms with E-state index in [0.717, 1.165) is 0 Å². The SMILES string of the molecule is C=C=C1CC2CCC3[C@](C)(C(=O)OC4OC(CO)C(O)C(OC5OC(CO)C(O)C(O)C5O)C4OC4OC(CO)C(O)C(O)C4O)CCC[C@@]3(C)[C@@H]2CCC1OC1OC(CO)C(O)C(OC2OC(CO)C(O)C(O)C2O)C1O. The molecular weight excluding hydrogens is 1050 g/mol. The van der Waals surface area contributed by atoms with Crippen LogP contribution in [0.3, 0.4) is 0 Å². The van der Waals surface area contributed by atoms with Crippen molar-refractivity contribution in [3.63, 3.8) is 0 Å². The number of hydrogen-bond acceptors (Lipinski definition) is 28. The molecule has 31 atom stereocenters. The molecule has 0 aromatic rings. The number of hydrogen-bond donors (Lipinski definition) is 17. The van der Waals surface area contributed by atoms with E-state index in [1.807, 2.05) is 0 Å². The Kier molecular flexibility index (Phi) is 20.2. The van der Waals surface area contributed by atoms with Gasteiger partial charge >= 0.3 is 5.97 Å². The first-order valence-corrected chi connectivity index (χ1v) is 26.7. The van der Waals surface area contributed by atoms with Gasteiger partial charge in [0.05, 0.1) is 44.6 Å². The largest absolute Gasteiger partial charge is 0.432 e. The lowest BCUT2D eigenvalue weighted by atomic mass is 9.45. The third-order valence-corrected chi connectivity index (χ3v) is 18.1. The van der Waals surface area contributed by atoms with Crippen LogP contribution < -0.4 is 0 Å². The quantitative estimate of drug-likeness (QED) is 0.0535. The predicted molar refractivity (Wildman–Crippen MR) is 253 cm³/mol. The summed E-state index contributed by atoms with van der Waals surface area (Å²) in [5, 5.41) is 180. The zero-order chi connectivity index (χ0) is 56.9. The summed E-state index contributed by atoms with van der Waals surface area (Å²) < 4.78 is 59.2. The lowest BCUT2D eigenvalue weighted by Gasteiger charge is -2.59. The first kappa shape index (κ1) is 62.0. The van der Waals surface area contributed by atoms with Crippen LogP contribution >= 0.6 is 0 Å². The third-order valence-electron chi connectivity index (χ3n) is 18.1. The van der Waals surface area contributed by atoms with Crippen LogP contribution in [0.5, 0.6) is 0 Å². The van der Waals surface area contributed by atoms with Crippen LogP contribution in [0.15, 0.2) is 17.9 Å². The highest BCUT2D eigenvalue weighted by Gasteiger charge is 2.62. The van der Waals surface area contributed by atoms with Crippen molar-refractivity contribution in [1.29, 1.82) is 0 Å². The average molecular weight is 1130 g/mol. The van der Waals surface area contributed by atoms with Crippen molar-refractivity contribution in [2.24, 2.45) is 28.6 Å². The van der Waals surface area contributed by atoms with E-state index in [1.165, 1.54) is 0 Å². The summed E-state index contributed by atoms with van der Waals surface area (Å²) >= 11 is 0. The average Bonchev–Trinajstić information content (AvgIpc) is 3.82. The van der Waals surface area contributed by atoms with Crippen LogP contribution in [-0.4, -0.2) is 285 Å². The second-order valence-corrected chi connectivity index (χ2v) is 22.6. The van der Waals surface area contributed by atoms with Gasteiger partial charge in [-0.1, -0.05) is 19.9 Å². The molecule has 17 N–H and O–H groups in total. The summed E-state index contributed by atoms with van der Waals surface area (Å²) in [5.74, 6) is -1.26. The zero-order valence-corrected chi connectivity index (χ0v) is 43.2. The molecule has 78 heavy (non-hydrogen) atoms. The molecule has 0 radical (unpaired) electrons. The molecule has 5 heterocycles. The van der Waals surface area contributed by atoms with Crippen LogP contribution in [0.1, 0.15) is 65.2 Å². The Hall–Kier alpha value is -2.05. The molecule has 3 aliphatic carbocycles. The summed E-state index contributed by atoms with van der Waals surface area (Å²) in [6.07, 6.45) is -41.4. The van der Waals surface area contributed by atoms with Crippen LogP contribution in [-0.2, 0) is 52.2 Å². The van der Waals surface area contributed by atoms with Gasteiger partial charge in [-0.25, -0.2) is 0 Å². The van der Waals surface area contributed by atoms with E-state index in [2.05, 4.69) is 19.2 Å². The van der Waals surface area contributed by atoms with Crippen LogP contribution in [0.25, 0.3) is 0 Å². The topological polar surface area (TPSA) is 453 Å². The summed E-state index contributed by atoms with van der Waals surface area (Å²) in [7, 11) is 0. The molecule has 3 saturated carbocycles. The number of fused-ring (bicyclic) bond motifs is 3. The number of ether oxygens (including phenoxy) is 10. The molecule has 0 aromatic heterocycles. The maximum absolute atomic E-state index is 15.2. The van der Waals surface area contributed by atoms with Gasteiger partial charge in [0.25, 0.3) is 0 Å². The van der Waals surface area contributed by atoms with Gasteiger partial charge in [-0.2, -0.15) is 0 Å². The van der Waals surface area contributed by atoms with Gasteiger partial charge in [-0.05, 0) is 75.0 Å². The molecule has 0 bridgehead atoms. The molecule has 0 spiro atoms. The van der Waals surface area contributed by atoms with E-state index in [9.17, 15) is 86.8 Å². The number of carbonyl (C=O) groups excluding carboxylic acids is 1. The number of carbonyl (C=O) groups is 1. The minimum absolute atomic E-state index is 0.000861. The highest BCUT2D eigenvalue weighted by Crippen LogP contribution is 2.64. The standard InChI is InChI=1S/C50H80O28/c1-4-18-12-19-6-9-27-49(2,20(19)7-8-21(18)69-46-39(67)40(31(59)25(16-54)73-46)75-43-36(64)33(61)28(56)22(13-51)70-43)10-5-11-50(27,3)48(68)78-47-42(77-45-38(66)35(63)30(58)24(15-53)72-45)41(32(60)26(17-55)74-47)76-44-37(65)34(62)29(57)23(14-52)71-44/h19-47,51-67H,1,5-17H2,2-3H3/t19?,20-,21?,22?,23?,24?,25?,26?,27?,28?,29?,30?,31?,32?,33?,34?,35?,36?,37?,38?,39?,40?,41?,42?,43?,44?,45?,46?,47?,49+,50-/m1/s1. The number of rotatable bonds is 15. The van der Waals surface area contributed by atoms with Gasteiger partial charge in [-0.3, -0.25) is 4.79 Å². The molecule has 28 nitrogen and oxygen atoms in total. The molecule has 5 aliphatic heterocycles. The van der Waals surface area contributed by atoms with Gasteiger partial charge < -0.3 is 134 Å². The van der Waals surface area contributed by atoms with Gasteiger partial charge in [0, 0.05) is 5.57 Å². The number of aliphatic hydroxyl groups is 17. The Balaban J connectivity index is 1.02. The highest BCUT2D eigenvalue weighted by molar-refractivity contribution is 5.77. The fourth-order valence-electron chi connectivity index (χ4n) is 13.6. The van der Waals surface area contributed by atoms with Gasteiger partial charge in [0.15, 0.2) is 31.3 Å². The number of esters is 1. The monoisotopic (exact) mass is 1130 g/mol. The molecular formula is C50H80O28. The summed E-state index contributed by atoms with van der Waals surface area (Å²) in [6, 6.07) is 0. The van der Waals surface area contributed by atoms with Crippen molar-refractivity contribution in [2.45, 2.75) is 225 Å². The Morgan fingerprint density at radius 1 is 0.500 bits per heavy atom. The van der Waals surface area contributed by atoms with Crippen molar-refractivity contribution in [3.05, 3.63) is 17.9 Å². The van der Waals surface area contributed by atoms with E-state index < -0.39 is 209 Å². The maximum atomic E-state index is 15.2. The summed E-state index contributed by atoms with van der Waals surface area (Å²) in [4.78, 5) is 15.2. The first-order valence-electron chi connectivity index (χ1n) is 26.7. The summed E-state index contributed by atoms with van der Waals surface area (Å²) in [6.45, 7) is 3.61. The van der Waals surface area contributed by atoms with E-state index in [-0.39, 0.29) is 17.8 Å². The van der Waals surface area contributed by atoms with Crippen molar-refractivity contribution in [3.8, 4) is 0 Å². The maximum Gasteiger partial charge on any atom is 0.314 e. The summed E-state index contributed by atoms with van der Waals surface area (Å²) in [5.41, 5.74) is 1.81. The molecule has 0 aromatic carbocycles. The van der Waals surface area contributed by atoms with Gasteiger partial charge in [0.1, 0.15) is 116 Å². The zero-order valence-electron chi connectivity index (χ0n) is 43.2. The Morgan fingerprint density at radius 2 is 0.923 bits per heavy atom. The highest BCUT2D eigenvalue weighted by atomic mass is 16.8. The molecule has 0 amide bonds. The molecule has 8 fully saturated rings. The van der Waals surface area contributed by atoms with E-state index in [0.29, 0.717) is 56.9 Å². The first-order chi connectivity index (χ1) is 37.0. The molecule has 448 valence electrons. The second kappa shape index (κ2) is 25.4. The Labute approximate surface area is 448 Å². The fourth-order valence-corrected chi connectivity index (χ4v) is 13.6. The molecule has 28 unspecified atom stereocenters. The van der Waals surface area contributed by atoms with E-state index >= 15 is 4.79 Å². The predicted octanol–water partition coefficient (Wildman–Crippen LogP) is -7.28. The van der Waals surface area contributed by atoms with Gasteiger partial charge in [0.2, 0.25) is 6.29 Å². The van der Waals surface area contributed by atoms with Crippen molar-refractivity contribution >= 4 is 5.97 Å². The Morgan fingerprint density at radius 3 is 1.40 bits per heavy atom. The number of aliphatic hydroxyl groups excluding tert-OH is 17. The normalized spacial score (nSPS) is 52.1. The van der Waals surface area contributed by atoms with Crippen LogP contribution in [0.4, 0.5) is 0 Å². The van der Waals surface area contributed by atoms with Crippen molar-refractivity contribution in [2.75, 3.05) is 33.0 Å². The van der Waals surface area contributed by atoms with Crippen molar-refractivity contribution < 1.29 is 139 Å². The third kappa shape index (κ3) is 11.6. The molecule has 28 heteroatoms. The van der Waals surface area contributed by atoms with Gasteiger partial charge in [-0.15, -0.1) is 5.73 Å². The molecule has 8 rings (SSSR count). The van der Waals surface area contributed by atoms with Crippen molar-refractivity contribution in [1.82, 2.24) is 0 Å². The minimum atomic E-state index is -2.05.